The van der Waals surface area contributed by atoms with Crippen LogP contribution >= 0.6 is 0 Å². The number of rotatable bonds is 1. The molecule has 1 aliphatic rings. The Hall–Kier alpha value is -2.87. The summed E-state index contributed by atoms with van der Waals surface area (Å²) in [5.74, 6) is -0.0242. The molecule has 0 unspecified atom stereocenters. The minimum Gasteiger partial charge on any atom is -0.507 e. The van der Waals surface area contributed by atoms with Gasteiger partial charge in [0.05, 0.1) is 5.57 Å². The lowest BCUT2D eigenvalue weighted by Crippen LogP contribution is -1.99. The average Bonchev–Trinajstić information content (AvgIpc) is 2.78. The highest BCUT2D eigenvalue weighted by Crippen LogP contribution is 2.39. The lowest BCUT2D eigenvalue weighted by Gasteiger charge is -2.07. The third kappa shape index (κ3) is 1.70. The van der Waals surface area contributed by atoms with E-state index in [0.29, 0.717) is 16.7 Å². The summed E-state index contributed by atoms with van der Waals surface area (Å²) in [6.45, 7) is 1.95. The maximum atomic E-state index is 12.7. The summed E-state index contributed by atoms with van der Waals surface area (Å²) < 4.78 is 0. The molecule has 2 nitrogen and oxygen atoms in total. The third-order valence-electron chi connectivity index (χ3n) is 4.20. The maximum Gasteiger partial charge on any atom is 0.198 e. The predicted octanol–water partition coefficient (Wildman–Crippen LogP) is 4.77. The fraction of sp³-hybridized carbons (Fsp3) is 0.0500. The number of aryl methyl sites for hydroxylation is 1. The van der Waals surface area contributed by atoms with Gasteiger partial charge in [-0.05, 0) is 29.3 Å². The molecule has 4 rings (SSSR count). The zero-order valence-corrected chi connectivity index (χ0v) is 12.1. The van der Waals surface area contributed by atoms with Gasteiger partial charge < -0.3 is 5.11 Å². The Morgan fingerprint density at radius 2 is 1.59 bits per heavy atom. The number of allylic oxidation sites excluding steroid dienone is 1. The summed E-state index contributed by atoms with van der Waals surface area (Å²) in [6, 6.07) is 19.3. The van der Waals surface area contributed by atoms with Crippen molar-refractivity contribution in [3.63, 3.8) is 0 Å². The topological polar surface area (TPSA) is 37.3 Å². The fourth-order valence-corrected chi connectivity index (χ4v) is 3.12. The number of benzene rings is 3. The first-order valence-corrected chi connectivity index (χ1v) is 7.24. The first kappa shape index (κ1) is 12.8. The minimum atomic E-state index is -0.108. The van der Waals surface area contributed by atoms with E-state index in [-0.39, 0.29) is 11.5 Å². The quantitative estimate of drug-likeness (QED) is 0.699. The molecule has 106 valence electrons. The van der Waals surface area contributed by atoms with Gasteiger partial charge >= 0.3 is 0 Å². The highest BCUT2D eigenvalue weighted by atomic mass is 16.3. The number of carbonyl (C=O) groups is 1. The second-order valence-electron chi connectivity index (χ2n) is 5.63. The Labute approximate surface area is 128 Å². The number of fused-ring (bicyclic) bond motifs is 2. The molecule has 0 saturated carbocycles. The van der Waals surface area contributed by atoms with Crippen LogP contribution in [0.4, 0.5) is 0 Å². The van der Waals surface area contributed by atoms with Gasteiger partial charge in [-0.25, -0.2) is 0 Å². The van der Waals surface area contributed by atoms with Crippen LogP contribution in [0.2, 0.25) is 0 Å². The van der Waals surface area contributed by atoms with Gasteiger partial charge in [-0.15, -0.1) is 0 Å². The van der Waals surface area contributed by atoms with Crippen LogP contribution < -0.4 is 0 Å². The van der Waals surface area contributed by atoms with E-state index in [2.05, 4.69) is 0 Å². The molecule has 0 radical (unpaired) electrons. The molecule has 0 spiro atoms. The number of hydrogen-bond acceptors (Lipinski definition) is 2. The molecule has 0 amide bonds. The lowest BCUT2D eigenvalue weighted by atomic mass is 9.96. The standard InChI is InChI=1S/C20H14O2/c1-12-9-10-16-17(11-12)20(22)18(19(16)21)15-8-4-6-13-5-2-3-7-14(13)15/h2-11,22H,1H3. The molecule has 1 aliphatic carbocycles. The average molecular weight is 286 g/mol. The molecule has 0 saturated heterocycles. The third-order valence-corrected chi connectivity index (χ3v) is 4.20. The number of aliphatic hydroxyl groups is 1. The number of Topliss-reactive ketones (excluding diaryl/α,β-unsaturated/α-hetero) is 1. The normalized spacial score (nSPS) is 13.8. The van der Waals surface area contributed by atoms with Crippen molar-refractivity contribution in [2.75, 3.05) is 0 Å². The summed E-state index contributed by atoms with van der Waals surface area (Å²) in [7, 11) is 0. The van der Waals surface area contributed by atoms with E-state index in [9.17, 15) is 9.90 Å². The molecule has 0 atom stereocenters. The highest BCUT2D eigenvalue weighted by molar-refractivity contribution is 6.40. The molecule has 22 heavy (non-hydrogen) atoms. The van der Waals surface area contributed by atoms with Crippen LogP contribution in [0.3, 0.4) is 0 Å². The molecule has 3 aromatic rings. The minimum absolute atomic E-state index is 0.0834. The van der Waals surface area contributed by atoms with E-state index in [0.717, 1.165) is 21.9 Å². The first-order chi connectivity index (χ1) is 10.7. The van der Waals surface area contributed by atoms with Gasteiger partial charge in [0.1, 0.15) is 5.76 Å². The van der Waals surface area contributed by atoms with Crippen LogP contribution in [-0.4, -0.2) is 10.9 Å². The molecule has 0 aromatic heterocycles. The Bertz CT molecular complexity index is 959. The number of carbonyl (C=O) groups excluding carboxylic acids is 1. The van der Waals surface area contributed by atoms with Gasteiger partial charge in [-0.2, -0.15) is 0 Å². The molecular weight excluding hydrogens is 272 g/mol. The van der Waals surface area contributed by atoms with Crippen LogP contribution in [-0.2, 0) is 0 Å². The summed E-state index contributed by atoms with van der Waals surface area (Å²) in [4.78, 5) is 12.7. The van der Waals surface area contributed by atoms with Gasteiger partial charge in [0, 0.05) is 11.1 Å². The molecule has 0 heterocycles. The zero-order valence-electron chi connectivity index (χ0n) is 12.1. The summed E-state index contributed by atoms with van der Waals surface area (Å²) >= 11 is 0. The van der Waals surface area contributed by atoms with Crippen molar-refractivity contribution < 1.29 is 9.90 Å². The van der Waals surface area contributed by atoms with Crippen molar-refractivity contribution >= 4 is 27.9 Å². The van der Waals surface area contributed by atoms with Gasteiger partial charge in [-0.1, -0.05) is 60.2 Å². The fourth-order valence-electron chi connectivity index (χ4n) is 3.12. The summed E-state index contributed by atoms with van der Waals surface area (Å²) in [6.07, 6.45) is 0. The van der Waals surface area contributed by atoms with E-state index in [1.165, 1.54) is 0 Å². The first-order valence-electron chi connectivity index (χ1n) is 7.24. The van der Waals surface area contributed by atoms with Crippen molar-refractivity contribution in [3.05, 3.63) is 82.9 Å². The Morgan fingerprint density at radius 1 is 0.818 bits per heavy atom. The smallest absolute Gasteiger partial charge is 0.198 e. The summed E-state index contributed by atoms with van der Waals surface area (Å²) in [5.41, 5.74) is 3.42. The van der Waals surface area contributed by atoms with Crippen LogP contribution in [0.15, 0.2) is 60.7 Å². The zero-order chi connectivity index (χ0) is 15.3. The number of ketones is 1. The monoisotopic (exact) mass is 286 g/mol. The molecular formula is C20H14O2. The van der Waals surface area contributed by atoms with Crippen molar-refractivity contribution in [2.45, 2.75) is 6.92 Å². The molecule has 2 heteroatoms. The second-order valence-corrected chi connectivity index (χ2v) is 5.63. The van der Waals surface area contributed by atoms with Crippen LogP contribution in [0.1, 0.15) is 27.0 Å². The van der Waals surface area contributed by atoms with E-state index in [1.54, 1.807) is 6.07 Å². The van der Waals surface area contributed by atoms with Crippen molar-refractivity contribution in [2.24, 2.45) is 0 Å². The molecule has 3 aromatic carbocycles. The lowest BCUT2D eigenvalue weighted by molar-refractivity contribution is 0.105. The Kier molecular flexibility index (Phi) is 2.67. The van der Waals surface area contributed by atoms with Gasteiger partial charge in [-0.3, -0.25) is 4.79 Å². The maximum absolute atomic E-state index is 12.7. The van der Waals surface area contributed by atoms with Gasteiger partial charge in [0.2, 0.25) is 0 Å². The molecule has 0 aliphatic heterocycles. The number of hydrogen-bond donors (Lipinski definition) is 1. The van der Waals surface area contributed by atoms with E-state index in [1.807, 2.05) is 61.5 Å². The van der Waals surface area contributed by atoms with E-state index < -0.39 is 0 Å². The van der Waals surface area contributed by atoms with E-state index >= 15 is 0 Å². The Balaban J connectivity index is 2.02. The second kappa shape index (κ2) is 4.57. The van der Waals surface area contributed by atoms with Crippen LogP contribution in [0, 0.1) is 6.92 Å². The van der Waals surface area contributed by atoms with Crippen molar-refractivity contribution in [1.29, 1.82) is 0 Å². The number of aliphatic hydroxyl groups excluding tert-OH is 1. The van der Waals surface area contributed by atoms with E-state index in [4.69, 9.17) is 0 Å². The molecule has 1 N–H and O–H groups in total. The molecule has 0 fully saturated rings. The van der Waals surface area contributed by atoms with Gasteiger partial charge in [0.15, 0.2) is 5.78 Å². The van der Waals surface area contributed by atoms with Crippen molar-refractivity contribution in [1.82, 2.24) is 0 Å². The van der Waals surface area contributed by atoms with Gasteiger partial charge in [0.25, 0.3) is 0 Å². The van der Waals surface area contributed by atoms with Crippen molar-refractivity contribution in [3.8, 4) is 0 Å². The molecule has 0 bridgehead atoms. The van der Waals surface area contributed by atoms with Crippen LogP contribution in [0.25, 0.3) is 22.1 Å². The summed E-state index contributed by atoms with van der Waals surface area (Å²) in [5, 5.41) is 12.6. The van der Waals surface area contributed by atoms with Crippen LogP contribution in [0.5, 0.6) is 0 Å². The predicted molar refractivity (Wildman–Crippen MR) is 88.9 cm³/mol. The highest BCUT2D eigenvalue weighted by Gasteiger charge is 2.31. The largest absolute Gasteiger partial charge is 0.507 e. The SMILES string of the molecule is Cc1ccc2c(c1)C(O)=C(c1cccc3ccccc13)C2=O. The Morgan fingerprint density at radius 3 is 2.45 bits per heavy atom.